The number of thioether (sulfide) groups is 1. The summed E-state index contributed by atoms with van der Waals surface area (Å²) >= 11 is 8.17. The summed E-state index contributed by atoms with van der Waals surface area (Å²) in [6.45, 7) is 5.49. The number of hydrogen-bond donors (Lipinski definition) is 2. The van der Waals surface area contributed by atoms with E-state index in [-0.39, 0.29) is 10.6 Å². The molecule has 90 valence electrons. The van der Waals surface area contributed by atoms with E-state index in [1.54, 1.807) is 0 Å². The van der Waals surface area contributed by atoms with Crippen LogP contribution in [0.1, 0.15) is 20.3 Å². The van der Waals surface area contributed by atoms with Crippen molar-refractivity contribution in [2.75, 3.05) is 12.3 Å². The van der Waals surface area contributed by atoms with E-state index in [0.717, 1.165) is 24.7 Å². The maximum atomic E-state index is 6.35. The van der Waals surface area contributed by atoms with Gasteiger partial charge < -0.3 is 10.2 Å². The first-order valence-electron chi connectivity index (χ1n) is 5.81. The molecule has 1 spiro atoms. The molecular formula is C10H17ClN4S. The van der Waals surface area contributed by atoms with Gasteiger partial charge in [0.25, 0.3) is 0 Å². The van der Waals surface area contributed by atoms with Crippen molar-refractivity contribution in [3.05, 3.63) is 0 Å². The molecule has 0 amide bonds. The minimum Gasteiger partial charge on any atom is -0.323 e. The van der Waals surface area contributed by atoms with Gasteiger partial charge in [0.2, 0.25) is 11.1 Å². The summed E-state index contributed by atoms with van der Waals surface area (Å²) < 4.78 is 0. The molecule has 3 aliphatic rings. The maximum absolute atomic E-state index is 6.35. The van der Waals surface area contributed by atoms with E-state index in [0.29, 0.717) is 12.0 Å². The smallest absolute Gasteiger partial charge is 0.240 e. The fourth-order valence-corrected chi connectivity index (χ4v) is 4.09. The molecule has 0 aromatic heterocycles. The SMILES string of the molecule is CC1CC(Cl)N(C2=NC3(NCCS3)N2)C1C. The van der Waals surface area contributed by atoms with Crippen molar-refractivity contribution >= 4 is 29.3 Å². The fraction of sp³-hybridized carbons (Fsp3) is 0.900. The third kappa shape index (κ3) is 1.52. The summed E-state index contributed by atoms with van der Waals surface area (Å²) in [5, 5.41) is 6.54. The summed E-state index contributed by atoms with van der Waals surface area (Å²) in [4.78, 5) is 6.87. The lowest BCUT2D eigenvalue weighted by Gasteiger charge is -2.42. The Hall–Kier alpha value is -0.130. The van der Waals surface area contributed by atoms with Crippen molar-refractivity contribution in [2.24, 2.45) is 10.9 Å². The van der Waals surface area contributed by atoms with Gasteiger partial charge in [-0.25, -0.2) is 0 Å². The minimum absolute atomic E-state index is 0.0833. The van der Waals surface area contributed by atoms with E-state index in [2.05, 4.69) is 34.4 Å². The van der Waals surface area contributed by atoms with Crippen LogP contribution in [-0.2, 0) is 0 Å². The Labute approximate surface area is 105 Å². The lowest BCUT2D eigenvalue weighted by molar-refractivity contribution is 0.301. The van der Waals surface area contributed by atoms with Crippen molar-refractivity contribution in [1.82, 2.24) is 15.5 Å². The lowest BCUT2D eigenvalue weighted by atomic mass is 10.1. The molecule has 0 aromatic rings. The van der Waals surface area contributed by atoms with Crippen LogP contribution in [0.15, 0.2) is 4.99 Å². The molecule has 16 heavy (non-hydrogen) atoms. The van der Waals surface area contributed by atoms with Gasteiger partial charge in [0, 0.05) is 18.3 Å². The zero-order chi connectivity index (χ0) is 11.3. The third-order valence-electron chi connectivity index (χ3n) is 3.70. The van der Waals surface area contributed by atoms with Crippen molar-refractivity contribution in [3.8, 4) is 0 Å². The molecule has 0 aliphatic carbocycles. The molecule has 0 aromatic carbocycles. The quantitative estimate of drug-likeness (QED) is 0.507. The molecule has 2 N–H and O–H groups in total. The number of guanidine groups is 1. The van der Waals surface area contributed by atoms with Gasteiger partial charge in [-0.2, -0.15) is 4.99 Å². The van der Waals surface area contributed by atoms with Crippen molar-refractivity contribution < 1.29 is 0 Å². The van der Waals surface area contributed by atoms with Crippen LogP contribution in [0.2, 0.25) is 0 Å². The molecule has 4 unspecified atom stereocenters. The van der Waals surface area contributed by atoms with Gasteiger partial charge in [-0.05, 0) is 19.3 Å². The zero-order valence-electron chi connectivity index (χ0n) is 9.53. The van der Waals surface area contributed by atoms with E-state index >= 15 is 0 Å². The number of halogens is 1. The number of nitrogens with one attached hydrogen (secondary N) is 2. The van der Waals surface area contributed by atoms with Gasteiger partial charge in [0.1, 0.15) is 5.50 Å². The predicted octanol–water partition coefficient (Wildman–Crippen LogP) is 1.19. The molecule has 2 fully saturated rings. The van der Waals surface area contributed by atoms with Crippen molar-refractivity contribution in [3.63, 3.8) is 0 Å². The number of aliphatic imine (C=N–C) groups is 1. The Morgan fingerprint density at radius 1 is 1.56 bits per heavy atom. The lowest BCUT2D eigenvalue weighted by Crippen LogP contribution is -2.66. The maximum Gasteiger partial charge on any atom is 0.240 e. The van der Waals surface area contributed by atoms with Gasteiger partial charge in [0.05, 0.1) is 0 Å². The highest BCUT2D eigenvalue weighted by Crippen LogP contribution is 2.37. The van der Waals surface area contributed by atoms with Crippen LogP contribution in [0, 0.1) is 5.92 Å². The van der Waals surface area contributed by atoms with Crippen LogP contribution in [0.5, 0.6) is 0 Å². The summed E-state index contributed by atoms with van der Waals surface area (Å²) in [6.07, 6.45) is 1.04. The number of nitrogens with zero attached hydrogens (tertiary/aromatic N) is 2. The Kier molecular flexibility index (Phi) is 2.53. The molecule has 0 bridgehead atoms. The van der Waals surface area contributed by atoms with Crippen LogP contribution in [0.25, 0.3) is 0 Å². The van der Waals surface area contributed by atoms with Gasteiger partial charge in [-0.1, -0.05) is 30.3 Å². The minimum atomic E-state index is -0.239. The Morgan fingerprint density at radius 2 is 2.31 bits per heavy atom. The summed E-state index contributed by atoms with van der Waals surface area (Å²) in [7, 11) is 0. The second kappa shape index (κ2) is 3.68. The summed E-state index contributed by atoms with van der Waals surface area (Å²) in [5.41, 5.74) is 0.0833. The van der Waals surface area contributed by atoms with Crippen molar-refractivity contribution in [1.29, 1.82) is 0 Å². The van der Waals surface area contributed by atoms with Crippen LogP contribution < -0.4 is 10.6 Å². The van der Waals surface area contributed by atoms with Gasteiger partial charge in [-0.3, -0.25) is 5.32 Å². The first-order chi connectivity index (χ1) is 7.61. The second-order valence-electron chi connectivity index (χ2n) is 4.77. The molecule has 0 radical (unpaired) electrons. The largest absolute Gasteiger partial charge is 0.323 e. The normalized spacial score (nSPS) is 46.8. The van der Waals surface area contributed by atoms with E-state index in [9.17, 15) is 0 Å². The molecule has 3 rings (SSSR count). The molecule has 6 heteroatoms. The second-order valence-corrected chi connectivity index (χ2v) is 6.57. The number of likely N-dealkylation sites (tertiary alicyclic amines) is 1. The van der Waals surface area contributed by atoms with Crippen LogP contribution >= 0.6 is 23.4 Å². The van der Waals surface area contributed by atoms with Crippen LogP contribution in [-0.4, -0.2) is 39.8 Å². The van der Waals surface area contributed by atoms with Gasteiger partial charge >= 0.3 is 0 Å². The standard InChI is InChI=1S/C10H17ClN4S/c1-6-5-8(11)15(7(6)2)9-13-10(14-9)12-3-4-16-10/h6-8,12H,3-5H2,1-2H3,(H,13,14). The summed E-state index contributed by atoms with van der Waals surface area (Å²) in [6, 6.07) is 0.470. The zero-order valence-corrected chi connectivity index (χ0v) is 11.1. The Bertz CT molecular complexity index is 329. The number of rotatable bonds is 0. The molecule has 0 saturated carbocycles. The third-order valence-corrected chi connectivity index (χ3v) is 5.25. The average Bonchev–Trinajstić information content (AvgIpc) is 2.73. The predicted molar refractivity (Wildman–Crippen MR) is 68.5 cm³/mol. The number of alkyl halides is 1. The molecule has 4 nitrogen and oxygen atoms in total. The molecule has 4 atom stereocenters. The Morgan fingerprint density at radius 3 is 2.81 bits per heavy atom. The highest BCUT2D eigenvalue weighted by molar-refractivity contribution is 8.00. The highest BCUT2D eigenvalue weighted by Gasteiger charge is 2.48. The highest BCUT2D eigenvalue weighted by atomic mass is 35.5. The van der Waals surface area contributed by atoms with Crippen molar-refractivity contribution in [2.45, 2.75) is 36.9 Å². The van der Waals surface area contributed by atoms with Crippen LogP contribution in [0.4, 0.5) is 0 Å². The first-order valence-corrected chi connectivity index (χ1v) is 7.23. The Balaban J connectivity index is 1.75. The number of hydrogen-bond acceptors (Lipinski definition) is 5. The topological polar surface area (TPSA) is 39.7 Å². The van der Waals surface area contributed by atoms with E-state index in [1.807, 2.05) is 11.8 Å². The van der Waals surface area contributed by atoms with Gasteiger partial charge in [-0.15, -0.1) is 0 Å². The first kappa shape index (κ1) is 11.0. The van der Waals surface area contributed by atoms with E-state index < -0.39 is 0 Å². The fourth-order valence-electron chi connectivity index (χ4n) is 2.52. The monoisotopic (exact) mass is 260 g/mol. The molecular weight excluding hydrogens is 244 g/mol. The van der Waals surface area contributed by atoms with Crippen LogP contribution in [0.3, 0.4) is 0 Å². The van der Waals surface area contributed by atoms with Gasteiger partial charge in [0.15, 0.2) is 0 Å². The summed E-state index contributed by atoms with van der Waals surface area (Å²) in [5.74, 6) is 2.70. The molecule has 3 heterocycles. The molecule has 3 aliphatic heterocycles. The van der Waals surface area contributed by atoms with E-state index in [4.69, 9.17) is 11.6 Å². The average molecular weight is 261 g/mol. The molecule has 2 saturated heterocycles. The van der Waals surface area contributed by atoms with E-state index in [1.165, 1.54) is 0 Å².